The minimum atomic E-state index is -0.289. The maximum Gasteiger partial charge on any atom is 0.308 e. The Labute approximate surface area is 143 Å². The molecule has 2 aliphatic rings. The van der Waals surface area contributed by atoms with Crippen LogP contribution in [0.25, 0.3) is 11.1 Å². The minimum absolute atomic E-state index is 0.289. The van der Waals surface area contributed by atoms with Gasteiger partial charge < -0.3 is 4.74 Å². The van der Waals surface area contributed by atoms with Crippen molar-refractivity contribution in [2.75, 3.05) is 0 Å². The monoisotopic (exact) mass is 318 g/mol. The van der Waals surface area contributed by atoms with E-state index in [1.54, 1.807) is 0 Å². The predicted molar refractivity (Wildman–Crippen MR) is 95.7 cm³/mol. The average molecular weight is 318 g/mol. The van der Waals surface area contributed by atoms with Crippen LogP contribution in [0.5, 0.6) is 5.75 Å². The molecule has 2 aromatic carbocycles. The van der Waals surface area contributed by atoms with Crippen LogP contribution in [0.15, 0.2) is 60.7 Å². The van der Waals surface area contributed by atoms with E-state index in [9.17, 15) is 4.79 Å². The Balaban J connectivity index is 1.43. The normalized spacial score (nSPS) is 24.3. The molecule has 0 N–H and O–H groups in total. The molecule has 0 radical (unpaired) electrons. The second-order valence-electron chi connectivity index (χ2n) is 7.06. The summed E-state index contributed by atoms with van der Waals surface area (Å²) in [6.07, 6.45) is 8.76. The highest BCUT2D eigenvalue weighted by Gasteiger charge is 2.35. The number of carbonyl (C=O) groups excluding carboxylic acids is 1. The molecule has 24 heavy (non-hydrogen) atoms. The first-order valence-corrected chi connectivity index (χ1v) is 8.73. The molecule has 0 amide bonds. The van der Waals surface area contributed by atoms with Crippen molar-refractivity contribution < 1.29 is 9.53 Å². The smallest absolute Gasteiger partial charge is 0.308 e. The zero-order valence-electron chi connectivity index (χ0n) is 13.9. The van der Waals surface area contributed by atoms with Crippen LogP contribution in [0.2, 0.25) is 0 Å². The van der Waals surface area contributed by atoms with Gasteiger partial charge in [-0.15, -0.1) is 0 Å². The van der Waals surface area contributed by atoms with E-state index in [0.29, 0.717) is 5.75 Å². The first-order chi connectivity index (χ1) is 11.7. The van der Waals surface area contributed by atoms with Crippen molar-refractivity contribution in [3.8, 4) is 16.9 Å². The molecule has 4 rings (SSSR count). The number of allylic oxidation sites excluding steroid dienone is 2. The van der Waals surface area contributed by atoms with Crippen molar-refractivity contribution in [2.45, 2.75) is 26.2 Å². The first-order valence-electron chi connectivity index (χ1n) is 8.73. The van der Waals surface area contributed by atoms with Crippen LogP contribution in [-0.4, -0.2) is 5.97 Å². The summed E-state index contributed by atoms with van der Waals surface area (Å²) in [5.41, 5.74) is 3.77. The number of ether oxygens (including phenoxy) is 1. The zero-order chi connectivity index (χ0) is 16.5. The molecule has 0 heterocycles. The summed E-state index contributed by atoms with van der Waals surface area (Å²) in [5.74, 6) is 2.78. The number of esters is 1. The lowest BCUT2D eigenvalue weighted by Crippen LogP contribution is -2.10. The summed E-state index contributed by atoms with van der Waals surface area (Å²) in [5, 5.41) is 0. The van der Waals surface area contributed by atoms with Gasteiger partial charge in [-0.3, -0.25) is 4.79 Å². The molecular formula is C22H22O2. The Bertz CT molecular complexity index is 756. The van der Waals surface area contributed by atoms with Gasteiger partial charge in [-0.25, -0.2) is 0 Å². The molecule has 0 saturated heterocycles. The van der Waals surface area contributed by atoms with Crippen molar-refractivity contribution in [1.29, 1.82) is 0 Å². The lowest BCUT2D eigenvalue weighted by Gasteiger charge is -2.18. The van der Waals surface area contributed by atoms with Gasteiger partial charge >= 0.3 is 5.97 Å². The summed E-state index contributed by atoms with van der Waals surface area (Å²) in [7, 11) is 0. The van der Waals surface area contributed by atoms with Gasteiger partial charge in [0.15, 0.2) is 0 Å². The fourth-order valence-electron chi connectivity index (χ4n) is 4.15. The van der Waals surface area contributed by atoms with Crippen molar-refractivity contribution >= 4 is 5.97 Å². The lowest BCUT2D eigenvalue weighted by atomic mass is 9.87. The van der Waals surface area contributed by atoms with Gasteiger partial charge in [0.1, 0.15) is 5.75 Å². The highest BCUT2D eigenvalue weighted by molar-refractivity contribution is 5.70. The molecule has 122 valence electrons. The van der Waals surface area contributed by atoms with E-state index in [4.69, 9.17) is 4.74 Å². The summed E-state index contributed by atoms with van der Waals surface area (Å²) >= 11 is 0. The Morgan fingerprint density at radius 3 is 2.17 bits per heavy atom. The summed E-state index contributed by atoms with van der Waals surface area (Å²) < 4.78 is 5.08. The molecular weight excluding hydrogens is 296 g/mol. The van der Waals surface area contributed by atoms with E-state index in [-0.39, 0.29) is 5.97 Å². The van der Waals surface area contributed by atoms with E-state index in [0.717, 1.165) is 23.3 Å². The van der Waals surface area contributed by atoms with E-state index < -0.39 is 0 Å². The lowest BCUT2D eigenvalue weighted by molar-refractivity contribution is -0.131. The summed E-state index contributed by atoms with van der Waals surface area (Å²) in [4.78, 5) is 11.0. The fourth-order valence-corrected chi connectivity index (χ4v) is 4.15. The molecule has 2 aliphatic carbocycles. The number of benzene rings is 2. The van der Waals surface area contributed by atoms with Crippen molar-refractivity contribution in [3.63, 3.8) is 0 Å². The summed E-state index contributed by atoms with van der Waals surface area (Å²) in [6, 6.07) is 16.6. The molecule has 1 saturated carbocycles. The Kier molecular flexibility index (Phi) is 3.97. The third-order valence-corrected chi connectivity index (χ3v) is 5.32. The molecule has 2 heteroatoms. The number of rotatable bonds is 4. The number of hydrogen-bond acceptors (Lipinski definition) is 2. The topological polar surface area (TPSA) is 26.3 Å². The van der Waals surface area contributed by atoms with Crippen LogP contribution in [-0.2, 0) is 11.2 Å². The molecule has 0 spiro atoms. The number of fused-ring (bicyclic) bond motifs is 2. The number of hydrogen-bond donors (Lipinski definition) is 0. The predicted octanol–water partition coefficient (Wildman–Crippen LogP) is 5.03. The van der Waals surface area contributed by atoms with E-state index in [1.165, 1.54) is 37.3 Å². The molecule has 0 aromatic heterocycles. The second-order valence-corrected chi connectivity index (χ2v) is 7.06. The van der Waals surface area contributed by atoms with E-state index in [2.05, 4.69) is 36.4 Å². The van der Waals surface area contributed by atoms with Crippen LogP contribution < -0.4 is 4.74 Å². The Morgan fingerprint density at radius 1 is 0.958 bits per heavy atom. The average Bonchev–Trinajstić information content (AvgIpc) is 3.19. The van der Waals surface area contributed by atoms with E-state index in [1.807, 2.05) is 24.3 Å². The van der Waals surface area contributed by atoms with Crippen molar-refractivity contribution in [1.82, 2.24) is 0 Å². The first kappa shape index (κ1) is 15.2. The SMILES string of the molecule is CC(=O)Oc1ccc(-c2ccc(CC3CC4C=CC3C4)cc2)cc1. The van der Waals surface area contributed by atoms with Gasteiger partial charge in [-0.1, -0.05) is 48.6 Å². The van der Waals surface area contributed by atoms with Gasteiger partial charge in [0.25, 0.3) is 0 Å². The molecule has 2 aromatic rings. The van der Waals surface area contributed by atoms with Crippen LogP contribution in [0.1, 0.15) is 25.3 Å². The van der Waals surface area contributed by atoms with Crippen LogP contribution >= 0.6 is 0 Å². The third kappa shape index (κ3) is 3.14. The number of carbonyl (C=O) groups is 1. The minimum Gasteiger partial charge on any atom is -0.427 e. The van der Waals surface area contributed by atoms with Gasteiger partial charge in [0.2, 0.25) is 0 Å². The Hall–Kier alpha value is -2.35. The quantitative estimate of drug-likeness (QED) is 0.449. The van der Waals surface area contributed by atoms with Crippen molar-refractivity contribution in [3.05, 3.63) is 66.2 Å². The summed E-state index contributed by atoms with van der Waals surface area (Å²) in [6.45, 7) is 1.42. The molecule has 3 unspecified atom stereocenters. The van der Waals surface area contributed by atoms with Gasteiger partial charge in [0, 0.05) is 6.92 Å². The largest absolute Gasteiger partial charge is 0.427 e. The maximum atomic E-state index is 11.0. The molecule has 3 atom stereocenters. The molecule has 1 fully saturated rings. The highest BCUT2D eigenvalue weighted by Crippen LogP contribution is 2.44. The molecule has 2 nitrogen and oxygen atoms in total. The molecule has 2 bridgehead atoms. The highest BCUT2D eigenvalue weighted by atomic mass is 16.5. The zero-order valence-corrected chi connectivity index (χ0v) is 13.9. The van der Waals surface area contributed by atoms with Gasteiger partial charge in [0.05, 0.1) is 0 Å². The van der Waals surface area contributed by atoms with Gasteiger partial charge in [-0.2, -0.15) is 0 Å². The maximum absolute atomic E-state index is 11.0. The van der Waals surface area contributed by atoms with Crippen LogP contribution in [0.4, 0.5) is 0 Å². The van der Waals surface area contributed by atoms with Crippen molar-refractivity contribution in [2.24, 2.45) is 17.8 Å². The Morgan fingerprint density at radius 2 is 1.62 bits per heavy atom. The van der Waals surface area contributed by atoms with Crippen LogP contribution in [0, 0.1) is 17.8 Å². The standard InChI is InChI=1S/C22H22O2/c1-15(23)24-22-10-8-19(9-11-22)18-5-2-16(3-6-18)12-21-14-17-4-7-20(21)13-17/h2-11,17,20-21H,12-14H2,1H3. The van der Waals surface area contributed by atoms with Crippen LogP contribution in [0.3, 0.4) is 0 Å². The second kappa shape index (κ2) is 6.27. The van der Waals surface area contributed by atoms with E-state index >= 15 is 0 Å². The van der Waals surface area contributed by atoms with Gasteiger partial charge in [-0.05, 0) is 65.8 Å². The fraction of sp³-hybridized carbons (Fsp3) is 0.318. The third-order valence-electron chi connectivity index (χ3n) is 5.32. The molecule has 0 aliphatic heterocycles.